The molecule has 0 unspecified atom stereocenters. The van der Waals surface area contributed by atoms with Crippen LogP contribution in [0, 0.1) is 0 Å². The largest absolute Gasteiger partial charge is 0.424 e. The van der Waals surface area contributed by atoms with Crippen LogP contribution in [0.2, 0.25) is 0 Å². The molecule has 4 nitrogen and oxygen atoms in total. The van der Waals surface area contributed by atoms with E-state index in [0.29, 0.717) is 0 Å². The van der Waals surface area contributed by atoms with E-state index in [4.69, 9.17) is 0 Å². The fourth-order valence-electron chi connectivity index (χ4n) is 0.185. The van der Waals surface area contributed by atoms with Crippen LogP contribution in [-0.4, -0.2) is 19.9 Å². The fraction of sp³-hybridized carbons (Fsp3) is 0. The molecule has 0 aliphatic heterocycles. The van der Waals surface area contributed by atoms with Crippen molar-refractivity contribution in [2.45, 2.75) is 0 Å². The van der Waals surface area contributed by atoms with Crippen LogP contribution in [0.5, 0.6) is 0 Å². The molecule has 0 spiro atoms. The third kappa shape index (κ3) is 2.65. The van der Waals surface area contributed by atoms with Gasteiger partial charge < -0.3 is 4.74 Å². The molecule has 0 rings (SSSR count). The summed E-state index contributed by atoms with van der Waals surface area (Å²) in [6, 6.07) is 0. The normalized spacial score (nSPS) is 7.56. The van der Waals surface area contributed by atoms with E-state index in [-0.39, 0.29) is 0 Å². The van der Waals surface area contributed by atoms with Crippen LogP contribution in [0.15, 0.2) is 12.7 Å². The van der Waals surface area contributed by atoms with Gasteiger partial charge in [-0.3, -0.25) is 0 Å². The summed E-state index contributed by atoms with van der Waals surface area (Å²) < 4.78 is 23.6. The molecule has 0 aliphatic rings. The van der Waals surface area contributed by atoms with E-state index in [1.165, 1.54) is 0 Å². The molecule has 9 heavy (non-hydrogen) atoms. The molecule has 0 bridgehead atoms. The maximum absolute atomic E-state index is 9.91. The lowest BCUT2D eigenvalue weighted by Gasteiger charge is -1.83. The summed E-state index contributed by atoms with van der Waals surface area (Å²) in [5.74, 6) is 0. The Hall–Kier alpha value is -1.10. The summed E-state index contributed by atoms with van der Waals surface area (Å²) in [7, 11) is -2.54. The Morgan fingerprint density at radius 2 is 2.22 bits per heavy atom. The highest BCUT2D eigenvalue weighted by molar-refractivity contribution is 7.73. The molecule has 0 aromatic carbocycles. The van der Waals surface area contributed by atoms with Gasteiger partial charge in [-0.1, -0.05) is 6.58 Å². The predicted octanol–water partition coefficient (Wildman–Crippen LogP) is -0.735. The summed E-state index contributed by atoms with van der Waals surface area (Å²) >= 11 is 0. The van der Waals surface area contributed by atoms with Gasteiger partial charge in [-0.15, -0.1) is 0 Å². The first kappa shape index (κ1) is 7.90. The van der Waals surface area contributed by atoms with Crippen molar-refractivity contribution >= 4 is 21.8 Å². The first-order valence-corrected chi connectivity index (χ1v) is 2.92. The van der Waals surface area contributed by atoms with Crippen LogP contribution in [0.25, 0.3) is 0 Å². The van der Waals surface area contributed by atoms with Crippen LogP contribution >= 0.6 is 0 Å². The van der Waals surface area contributed by atoms with Crippen molar-refractivity contribution in [3.05, 3.63) is 12.7 Å². The van der Waals surface area contributed by atoms with Crippen molar-refractivity contribution in [2.24, 2.45) is 0 Å². The SMILES string of the molecule is C=CC(O[C]=O)=S(=O)=O. The molecule has 5 heteroatoms. The highest BCUT2D eigenvalue weighted by atomic mass is 32.2. The first-order chi connectivity index (χ1) is 4.22. The highest BCUT2D eigenvalue weighted by Crippen LogP contribution is 1.74. The lowest BCUT2D eigenvalue weighted by molar-refractivity contribution is 0.443. The Balaban J connectivity index is 4.55. The van der Waals surface area contributed by atoms with Gasteiger partial charge in [-0.05, 0) is 6.08 Å². The third-order valence-electron chi connectivity index (χ3n) is 0.473. The van der Waals surface area contributed by atoms with E-state index >= 15 is 0 Å². The zero-order chi connectivity index (χ0) is 7.28. The first-order valence-electron chi connectivity index (χ1n) is 1.85. The molecule has 0 heterocycles. The number of hydrogen-bond acceptors (Lipinski definition) is 4. The average Bonchev–Trinajstić information content (AvgIpc) is 1.82. The van der Waals surface area contributed by atoms with E-state index in [0.717, 1.165) is 12.5 Å². The van der Waals surface area contributed by atoms with E-state index in [9.17, 15) is 13.2 Å². The van der Waals surface area contributed by atoms with Crippen molar-refractivity contribution < 1.29 is 17.9 Å². The van der Waals surface area contributed by atoms with E-state index < -0.39 is 15.3 Å². The third-order valence-corrected chi connectivity index (χ3v) is 1.05. The molecular weight excluding hydrogens is 144 g/mol. The van der Waals surface area contributed by atoms with E-state index in [1.54, 1.807) is 0 Å². The quantitative estimate of drug-likeness (QED) is 0.381. The van der Waals surface area contributed by atoms with E-state index in [2.05, 4.69) is 11.3 Å². The Bertz CT molecular complexity index is 227. The molecule has 0 saturated heterocycles. The predicted molar refractivity (Wildman–Crippen MR) is 30.9 cm³/mol. The molecule has 0 atom stereocenters. The number of ether oxygens (including phenoxy) is 1. The molecule has 0 aliphatic carbocycles. The fourth-order valence-corrected chi connectivity index (χ4v) is 0.423. The monoisotopic (exact) mass is 147 g/mol. The van der Waals surface area contributed by atoms with Gasteiger partial charge in [0.05, 0.1) is 0 Å². The lowest BCUT2D eigenvalue weighted by atomic mass is 10.7. The van der Waals surface area contributed by atoms with Gasteiger partial charge in [0.1, 0.15) is 0 Å². The minimum absolute atomic E-state index is 0.523. The van der Waals surface area contributed by atoms with Crippen LogP contribution in [0.1, 0.15) is 0 Å². The van der Waals surface area contributed by atoms with E-state index in [1.807, 2.05) is 0 Å². The Kier molecular flexibility index (Phi) is 3.38. The van der Waals surface area contributed by atoms with Crippen molar-refractivity contribution in [3.63, 3.8) is 0 Å². The van der Waals surface area contributed by atoms with Crippen molar-refractivity contribution in [2.75, 3.05) is 0 Å². The summed E-state index contributed by atoms with van der Waals surface area (Å²) in [5, 5.41) is -0.523. The van der Waals surface area contributed by atoms with Gasteiger partial charge in [0, 0.05) is 0 Å². The van der Waals surface area contributed by atoms with Crippen LogP contribution in [0.3, 0.4) is 0 Å². The Labute approximate surface area is 53.3 Å². The van der Waals surface area contributed by atoms with Crippen LogP contribution < -0.4 is 0 Å². The minimum atomic E-state index is -2.54. The van der Waals surface area contributed by atoms with Crippen molar-refractivity contribution in [1.29, 1.82) is 0 Å². The maximum Gasteiger partial charge on any atom is 0.424 e. The molecule has 0 saturated carbocycles. The second kappa shape index (κ2) is 3.85. The van der Waals surface area contributed by atoms with Gasteiger partial charge in [-0.2, -0.15) is 8.42 Å². The Morgan fingerprint density at radius 1 is 1.67 bits per heavy atom. The minimum Gasteiger partial charge on any atom is -0.401 e. The van der Waals surface area contributed by atoms with Gasteiger partial charge >= 0.3 is 6.47 Å². The van der Waals surface area contributed by atoms with Gasteiger partial charge in [0.25, 0.3) is 10.3 Å². The average molecular weight is 147 g/mol. The summed E-state index contributed by atoms with van der Waals surface area (Å²) in [6.07, 6.45) is 0.897. The van der Waals surface area contributed by atoms with Gasteiger partial charge in [0.15, 0.2) is 0 Å². The summed E-state index contributed by atoms with van der Waals surface area (Å²) in [5.41, 5.74) is 0. The lowest BCUT2D eigenvalue weighted by Crippen LogP contribution is -1.98. The van der Waals surface area contributed by atoms with Crippen molar-refractivity contribution in [1.82, 2.24) is 0 Å². The number of rotatable bonds is 2. The topological polar surface area (TPSA) is 60.4 Å². The van der Waals surface area contributed by atoms with Crippen LogP contribution in [0.4, 0.5) is 0 Å². The Morgan fingerprint density at radius 3 is 2.33 bits per heavy atom. The molecule has 49 valence electrons. The molecule has 0 N–H and O–H groups in total. The molecule has 0 aromatic heterocycles. The molecule has 0 fully saturated rings. The second-order valence-corrected chi connectivity index (χ2v) is 1.82. The van der Waals surface area contributed by atoms with Crippen molar-refractivity contribution in [3.8, 4) is 0 Å². The zero-order valence-electron chi connectivity index (χ0n) is 4.33. The van der Waals surface area contributed by atoms with Gasteiger partial charge in [0.2, 0.25) is 5.05 Å². The summed E-state index contributed by atoms with van der Waals surface area (Å²) in [4.78, 5) is 9.39. The molecular formula is C4H3O4S. The van der Waals surface area contributed by atoms with Gasteiger partial charge in [-0.25, -0.2) is 4.79 Å². The number of hydrogen-bond donors (Lipinski definition) is 0. The summed E-state index contributed by atoms with van der Waals surface area (Å²) in [6.45, 7) is 4.02. The second-order valence-electron chi connectivity index (χ2n) is 0.943. The maximum atomic E-state index is 9.91. The standard InChI is InChI=1S/C4H3O4S/c1-2-4(8-3-5)9(6)7/h2H,1H2. The zero-order valence-corrected chi connectivity index (χ0v) is 5.14. The molecule has 0 amide bonds. The van der Waals surface area contributed by atoms with Crippen LogP contribution in [-0.2, 0) is 19.8 Å². The molecule has 0 aromatic rings. The molecule has 1 radical (unpaired) electrons. The highest BCUT2D eigenvalue weighted by Gasteiger charge is 1.92. The smallest absolute Gasteiger partial charge is 0.401 e. The number of carbonyl (C=O) groups excluding carboxylic acids is 1.